The molecule has 1 aromatic carbocycles. The van der Waals surface area contributed by atoms with Crippen molar-refractivity contribution in [3.8, 4) is 0 Å². The van der Waals surface area contributed by atoms with E-state index in [1.54, 1.807) is 50.3 Å². The molecule has 11 heteroatoms. The van der Waals surface area contributed by atoms with E-state index in [0.29, 0.717) is 6.54 Å². The monoisotopic (exact) mass is 580 g/mol. The van der Waals surface area contributed by atoms with E-state index in [0.717, 1.165) is 17.5 Å². The minimum atomic E-state index is -0.846. The Hall–Kier alpha value is -3.18. The lowest BCUT2D eigenvalue weighted by Crippen LogP contribution is -2.60. The summed E-state index contributed by atoms with van der Waals surface area (Å²) in [5.41, 5.74) is 1.51. The fourth-order valence-electron chi connectivity index (χ4n) is 7.27. The molecule has 4 heterocycles. The van der Waals surface area contributed by atoms with Crippen LogP contribution in [0.25, 0.3) is 11.0 Å². The van der Waals surface area contributed by atoms with Crippen LogP contribution in [-0.4, -0.2) is 101 Å². The Bertz CT molecular complexity index is 1360. The van der Waals surface area contributed by atoms with Crippen LogP contribution in [0.15, 0.2) is 49.6 Å². The van der Waals surface area contributed by atoms with E-state index < -0.39 is 28.7 Å². The first-order valence-corrected chi connectivity index (χ1v) is 15.1. The van der Waals surface area contributed by atoms with Gasteiger partial charge in [0.05, 0.1) is 34.7 Å². The van der Waals surface area contributed by atoms with Gasteiger partial charge >= 0.3 is 0 Å². The number of thioether (sulfide) groups is 1. The standard InChI is InChI=1S/C30H40N6O4S/c1-7-13-33(6)27(38)24-23-15-19(5)30(41-23)25(24)28(39)36(22(16-37)18(3)4)26(30)29(40)34(14-8-2)17-35-21-12-10-9-11-20(21)31-32-35/h7-12,18-19,22-26,37H,1-2,13-17H2,3-6H3/t19?,22-,23-,24+,25-,26?,30?/m0/s1. The van der Waals surface area contributed by atoms with E-state index in [1.165, 1.54) is 0 Å². The van der Waals surface area contributed by atoms with Crippen LogP contribution in [0.3, 0.4) is 0 Å². The summed E-state index contributed by atoms with van der Waals surface area (Å²) < 4.78 is 0.887. The number of hydrogen-bond donors (Lipinski definition) is 1. The van der Waals surface area contributed by atoms with Gasteiger partial charge in [0, 0.05) is 25.4 Å². The lowest BCUT2D eigenvalue weighted by atomic mass is 9.65. The molecule has 1 N–H and O–H groups in total. The van der Waals surface area contributed by atoms with E-state index >= 15 is 0 Å². The molecule has 3 fully saturated rings. The Morgan fingerprint density at radius 2 is 1.93 bits per heavy atom. The molecule has 0 aliphatic carbocycles. The maximum absolute atomic E-state index is 14.8. The minimum absolute atomic E-state index is 0.0171. The summed E-state index contributed by atoms with van der Waals surface area (Å²) in [6, 6.07) is 6.14. The van der Waals surface area contributed by atoms with Crippen LogP contribution in [0.2, 0.25) is 0 Å². The van der Waals surface area contributed by atoms with E-state index in [4.69, 9.17) is 0 Å². The number of nitrogens with zero attached hydrogens (tertiary/aromatic N) is 6. The van der Waals surface area contributed by atoms with Crippen LogP contribution >= 0.6 is 11.8 Å². The SMILES string of the molecule is C=CCN(C)C(=O)[C@@H]1[C@@H]2CC(C)C3(S2)C(C(=O)N(CC=C)Cn2nnc4ccccc42)N([C@@H](CO)C(C)C)C(=O)[C@H]13. The number of para-hydroxylation sites is 1. The number of aliphatic hydroxyl groups excluding tert-OH is 1. The van der Waals surface area contributed by atoms with Crippen molar-refractivity contribution in [1.82, 2.24) is 29.7 Å². The van der Waals surface area contributed by atoms with Gasteiger partial charge in [-0.2, -0.15) is 0 Å². The van der Waals surface area contributed by atoms with Crippen LogP contribution in [0.4, 0.5) is 0 Å². The molecule has 3 unspecified atom stereocenters. The van der Waals surface area contributed by atoms with Gasteiger partial charge in [0.15, 0.2) is 0 Å². The van der Waals surface area contributed by atoms with Gasteiger partial charge in [-0.05, 0) is 30.4 Å². The third-order valence-electron chi connectivity index (χ3n) is 9.18. The number of carbonyl (C=O) groups excluding carboxylic acids is 3. The molecule has 2 aromatic rings. The second-order valence-electron chi connectivity index (χ2n) is 11.9. The topological polar surface area (TPSA) is 112 Å². The van der Waals surface area contributed by atoms with Crippen LogP contribution in [0.1, 0.15) is 27.2 Å². The number of benzene rings is 1. The van der Waals surface area contributed by atoms with Crippen LogP contribution in [0.5, 0.6) is 0 Å². The maximum atomic E-state index is 14.8. The molecule has 0 saturated carbocycles. The lowest BCUT2D eigenvalue weighted by molar-refractivity contribution is -0.148. The molecule has 41 heavy (non-hydrogen) atoms. The quantitative estimate of drug-likeness (QED) is 0.406. The van der Waals surface area contributed by atoms with E-state index in [-0.39, 0.29) is 54.6 Å². The van der Waals surface area contributed by atoms with Crippen molar-refractivity contribution in [3.63, 3.8) is 0 Å². The van der Waals surface area contributed by atoms with Gasteiger partial charge in [0.2, 0.25) is 17.7 Å². The predicted molar refractivity (Wildman–Crippen MR) is 158 cm³/mol. The molecule has 5 rings (SSSR count). The molecule has 3 saturated heterocycles. The number of carbonyl (C=O) groups is 3. The number of likely N-dealkylation sites (tertiary alicyclic amines) is 1. The highest BCUT2D eigenvalue weighted by Gasteiger charge is 2.77. The number of rotatable bonds is 11. The Kier molecular flexibility index (Phi) is 8.04. The number of hydrogen-bond acceptors (Lipinski definition) is 7. The largest absolute Gasteiger partial charge is 0.394 e. The van der Waals surface area contributed by atoms with Crippen molar-refractivity contribution in [3.05, 3.63) is 49.6 Å². The van der Waals surface area contributed by atoms with Crippen molar-refractivity contribution >= 4 is 40.5 Å². The number of aromatic nitrogens is 3. The highest BCUT2D eigenvalue weighted by molar-refractivity contribution is 8.02. The summed E-state index contributed by atoms with van der Waals surface area (Å²) in [6.07, 6.45) is 4.08. The predicted octanol–water partition coefficient (Wildman–Crippen LogP) is 2.40. The molecular formula is C30H40N6O4S. The number of likely N-dealkylation sites (N-methyl/N-ethyl adjacent to an activating group) is 1. The zero-order valence-corrected chi connectivity index (χ0v) is 25.0. The number of amides is 3. The molecule has 7 atom stereocenters. The van der Waals surface area contributed by atoms with Crippen LogP contribution in [0, 0.1) is 23.7 Å². The molecule has 3 amide bonds. The number of fused-ring (bicyclic) bond motifs is 2. The van der Waals surface area contributed by atoms with Gasteiger partial charge in [-0.1, -0.05) is 50.3 Å². The summed E-state index contributed by atoms with van der Waals surface area (Å²) in [5, 5.41) is 19.0. The van der Waals surface area contributed by atoms with Crippen LogP contribution in [-0.2, 0) is 21.1 Å². The zero-order chi connectivity index (χ0) is 29.6. The highest BCUT2D eigenvalue weighted by Crippen LogP contribution is 2.69. The molecule has 0 radical (unpaired) electrons. The highest BCUT2D eigenvalue weighted by atomic mass is 32.2. The first-order chi connectivity index (χ1) is 19.6. The van der Waals surface area contributed by atoms with Gasteiger partial charge in [-0.3, -0.25) is 14.4 Å². The Morgan fingerprint density at radius 3 is 2.59 bits per heavy atom. The zero-order valence-electron chi connectivity index (χ0n) is 24.2. The van der Waals surface area contributed by atoms with E-state index in [2.05, 4.69) is 30.4 Å². The summed E-state index contributed by atoms with van der Waals surface area (Å²) in [7, 11) is 1.73. The molecule has 1 aromatic heterocycles. The Balaban J connectivity index is 1.60. The van der Waals surface area contributed by atoms with Crippen LogP contribution < -0.4 is 0 Å². The average Bonchev–Trinajstić information content (AvgIpc) is 3.66. The van der Waals surface area contributed by atoms with Crippen molar-refractivity contribution < 1.29 is 19.5 Å². The minimum Gasteiger partial charge on any atom is -0.394 e. The summed E-state index contributed by atoms with van der Waals surface area (Å²) >= 11 is 1.63. The first-order valence-electron chi connectivity index (χ1n) is 14.3. The summed E-state index contributed by atoms with van der Waals surface area (Å²) in [6.45, 7) is 14.1. The molecule has 1 spiro atoms. The fourth-order valence-corrected chi connectivity index (χ4v) is 9.66. The smallest absolute Gasteiger partial charge is 0.248 e. The molecule has 220 valence electrons. The third kappa shape index (κ3) is 4.48. The van der Waals surface area contributed by atoms with Crippen molar-refractivity contribution in [2.24, 2.45) is 23.7 Å². The van der Waals surface area contributed by atoms with Gasteiger partial charge in [0.25, 0.3) is 0 Å². The van der Waals surface area contributed by atoms with Crippen molar-refractivity contribution in [2.75, 3.05) is 26.7 Å². The summed E-state index contributed by atoms with van der Waals surface area (Å²) in [5.74, 6) is -1.81. The number of aliphatic hydroxyl groups is 1. The Morgan fingerprint density at radius 1 is 1.22 bits per heavy atom. The van der Waals surface area contributed by atoms with Crippen molar-refractivity contribution in [2.45, 2.75) is 55.9 Å². The van der Waals surface area contributed by atoms with E-state index in [9.17, 15) is 19.5 Å². The van der Waals surface area contributed by atoms with Gasteiger partial charge in [0.1, 0.15) is 18.2 Å². The summed E-state index contributed by atoms with van der Waals surface area (Å²) in [4.78, 5) is 48.0. The molecule has 3 aliphatic heterocycles. The molecule has 10 nitrogen and oxygen atoms in total. The average molecular weight is 581 g/mol. The lowest BCUT2D eigenvalue weighted by Gasteiger charge is -2.42. The molecule has 3 aliphatic rings. The normalized spacial score (nSPS) is 29.2. The third-order valence-corrected chi connectivity index (χ3v) is 11.3. The first kappa shape index (κ1) is 29.3. The second kappa shape index (κ2) is 11.2. The molecular weight excluding hydrogens is 540 g/mol. The fraction of sp³-hybridized carbons (Fsp3) is 0.567. The van der Waals surface area contributed by atoms with Gasteiger partial charge in [-0.25, -0.2) is 4.68 Å². The second-order valence-corrected chi connectivity index (χ2v) is 13.4. The maximum Gasteiger partial charge on any atom is 0.248 e. The van der Waals surface area contributed by atoms with E-state index in [1.807, 2.05) is 38.1 Å². The van der Waals surface area contributed by atoms with Gasteiger partial charge in [-0.15, -0.1) is 30.0 Å². The Labute approximate surface area is 245 Å². The van der Waals surface area contributed by atoms with Crippen molar-refractivity contribution in [1.29, 1.82) is 0 Å². The van der Waals surface area contributed by atoms with Gasteiger partial charge < -0.3 is 19.8 Å². The molecule has 2 bridgehead atoms.